The molecule has 5 rings (SSSR count). The minimum absolute atomic E-state index is 0.226. The van der Waals surface area contributed by atoms with Crippen molar-refractivity contribution in [3.05, 3.63) is 83.0 Å². The number of carbonyl (C=O) groups is 1. The number of aromatic nitrogens is 3. The second-order valence-electron chi connectivity index (χ2n) is 11.7. The number of hydrogen-bond donors (Lipinski definition) is 2. The van der Waals surface area contributed by atoms with Gasteiger partial charge >= 0.3 is 6.09 Å². The highest BCUT2D eigenvalue weighted by Gasteiger charge is 2.37. The maximum atomic E-state index is 15.6. The van der Waals surface area contributed by atoms with Gasteiger partial charge in [0.05, 0.1) is 30.6 Å². The number of nitrogen functional groups attached to an aromatic ring is 1. The monoisotopic (exact) mass is 607 g/mol. The largest absolute Gasteiger partial charge is 0.453 e. The minimum Gasteiger partial charge on any atom is -0.453 e. The van der Waals surface area contributed by atoms with Crippen LogP contribution in [0.2, 0.25) is 30.7 Å². The van der Waals surface area contributed by atoms with E-state index in [2.05, 4.69) is 29.7 Å². The summed E-state index contributed by atoms with van der Waals surface area (Å²) in [4.78, 5) is 21.1. The number of carbonyl (C=O) groups excluding carboxylic acids is 1. The van der Waals surface area contributed by atoms with Gasteiger partial charge in [-0.3, -0.25) is 10.3 Å². The Bertz CT molecular complexity index is 1590. The molecule has 11 heteroatoms. The van der Waals surface area contributed by atoms with Crippen LogP contribution in [0.4, 0.5) is 20.6 Å². The number of nitrogens with one attached hydrogen (secondary N) is 1. The van der Waals surface area contributed by atoms with Gasteiger partial charge < -0.3 is 19.8 Å². The third kappa shape index (κ3) is 6.51. The molecule has 1 aliphatic rings. The van der Waals surface area contributed by atoms with Gasteiger partial charge in [-0.05, 0) is 54.4 Å². The zero-order chi connectivity index (χ0) is 30.0. The summed E-state index contributed by atoms with van der Waals surface area (Å²) in [5.41, 5.74) is 11.7. The topological polar surface area (TPSA) is 104 Å². The smallest absolute Gasteiger partial charge is 0.411 e. The maximum absolute atomic E-state index is 15.6. The van der Waals surface area contributed by atoms with E-state index >= 15 is 4.39 Å². The van der Waals surface area contributed by atoms with Crippen molar-refractivity contribution in [2.45, 2.75) is 50.9 Å². The lowest BCUT2D eigenvalue weighted by atomic mass is 10.0. The molecular weight excluding hydrogens is 573 g/mol. The van der Waals surface area contributed by atoms with E-state index in [0.717, 1.165) is 28.4 Å². The molecule has 2 heterocycles. The highest BCUT2D eigenvalue weighted by atomic mass is 35.5. The van der Waals surface area contributed by atoms with E-state index in [1.54, 1.807) is 42.7 Å². The van der Waals surface area contributed by atoms with Gasteiger partial charge in [-0.1, -0.05) is 43.4 Å². The summed E-state index contributed by atoms with van der Waals surface area (Å²) in [7, 11) is 0.0288. The Morgan fingerprint density at radius 2 is 1.88 bits per heavy atom. The molecule has 0 fully saturated rings. The molecule has 2 unspecified atom stereocenters. The number of anilines is 2. The van der Waals surface area contributed by atoms with E-state index in [1.165, 1.54) is 7.11 Å². The molecule has 220 valence electrons. The highest BCUT2D eigenvalue weighted by Crippen LogP contribution is 2.46. The molecule has 2 aromatic carbocycles. The summed E-state index contributed by atoms with van der Waals surface area (Å²) in [5, 5.41) is 3.21. The molecule has 0 aliphatic heterocycles. The van der Waals surface area contributed by atoms with Crippen molar-refractivity contribution in [3.8, 4) is 22.4 Å². The van der Waals surface area contributed by atoms with Gasteiger partial charge in [0.25, 0.3) is 0 Å². The summed E-state index contributed by atoms with van der Waals surface area (Å²) < 4.78 is 28.5. The van der Waals surface area contributed by atoms with Gasteiger partial charge in [0.2, 0.25) is 0 Å². The third-order valence-corrected chi connectivity index (χ3v) is 9.35. The fourth-order valence-corrected chi connectivity index (χ4v) is 6.02. The number of rotatable bonds is 9. The Morgan fingerprint density at radius 1 is 1.12 bits per heavy atom. The molecule has 3 N–H and O–H groups in total. The number of nitrogens with two attached hydrogens (primary N) is 1. The van der Waals surface area contributed by atoms with Crippen molar-refractivity contribution in [2.75, 3.05) is 24.8 Å². The summed E-state index contributed by atoms with van der Waals surface area (Å²) in [6.07, 6.45) is 1.98. The molecule has 1 amide bonds. The quantitative estimate of drug-likeness (QED) is 0.114. The van der Waals surface area contributed by atoms with Crippen molar-refractivity contribution in [2.24, 2.45) is 0 Å². The van der Waals surface area contributed by atoms with Crippen molar-refractivity contribution in [1.29, 1.82) is 0 Å². The van der Waals surface area contributed by atoms with Gasteiger partial charge in [-0.25, -0.2) is 14.2 Å². The van der Waals surface area contributed by atoms with E-state index in [0.29, 0.717) is 40.1 Å². The van der Waals surface area contributed by atoms with E-state index in [-0.39, 0.29) is 19.1 Å². The number of methoxy groups -OCH3 is 1. The lowest BCUT2D eigenvalue weighted by Crippen LogP contribution is -2.22. The first-order valence-corrected chi connectivity index (χ1v) is 17.9. The highest BCUT2D eigenvalue weighted by molar-refractivity contribution is 6.76. The van der Waals surface area contributed by atoms with Gasteiger partial charge in [0.1, 0.15) is 18.7 Å². The first-order chi connectivity index (χ1) is 20.0. The Morgan fingerprint density at radius 3 is 2.60 bits per heavy atom. The minimum atomic E-state index is -1.29. The van der Waals surface area contributed by atoms with E-state index in [4.69, 9.17) is 32.0 Å². The molecule has 8 nitrogen and oxygen atoms in total. The summed E-state index contributed by atoms with van der Waals surface area (Å²) >= 11 is 6.21. The van der Waals surface area contributed by atoms with Crippen LogP contribution in [0, 0.1) is 0 Å². The van der Waals surface area contributed by atoms with Crippen LogP contribution in [0.1, 0.15) is 35.6 Å². The molecule has 2 aromatic heterocycles. The molecule has 4 aromatic rings. The number of fused-ring (bicyclic) bond motifs is 1. The average Bonchev–Trinajstić information content (AvgIpc) is 3.52. The first-order valence-electron chi connectivity index (χ1n) is 13.8. The van der Waals surface area contributed by atoms with Crippen LogP contribution in [0.5, 0.6) is 0 Å². The second kappa shape index (κ2) is 12.2. The van der Waals surface area contributed by atoms with Crippen LogP contribution in [0.25, 0.3) is 22.4 Å². The van der Waals surface area contributed by atoms with Crippen molar-refractivity contribution >= 4 is 37.1 Å². The SMILES string of the molecule is COC(=O)Nc1ccc(-c2cnc(C3CC(F)c4cc(-c5cc(Cl)ccc5N)cnc43)n2COCC[Si](C)(C)C)cc1. The fourth-order valence-electron chi connectivity index (χ4n) is 5.10. The maximum Gasteiger partial charge on any atom is 0.411 e. The van der Waals surface area contributed by atoms with E-state index in [1.807, 2.05) is 22.8 Å². The zero-order valence-corrected chi connectivity index (χ0v) is 25.9. The predicted octanol–water partition coefficient (Wildman–Crippen LogP) is 7.88. The summed E-state index contributed by atoms with van der Waals surface area (Å²) in [5.74, 6) is 0.342. The van der Waals surface area contributed by atoms with Crippen molar-refractivity contribution in [3.63, 3.8) is 0 Å². The number of imidazole rings is 1. The van der Waals surface area contributed by atoms with E-state index in [9.17, 15) is 4.79 Å². The Hall–Kier alpha value is -3.73. The predicted molar refractivity (Wildman–Crippen MR) is 167 cm³/mol. The lowest BCUT2D eigenvalue weighted by molar-refractivity contribution is 0.0855. The normalized spacial score (nSPS) is 16.3. The number of halogens is 2. The lowest BCUT2D eigenvalue weighted by Gasteiger charge is -2.19. The van der Waals surface area contributed by atoms with Crippen LogP contribution in [0.15, 0.2) is 60.9 Å². The standard InChI is InChI=1S/C31H35ClFN5O3Si/c1-40-31(39)37-22-8-5-19(6-9-22)28-17-36-30(38(28)18-41-11-12-42(2,3)4)25-15-26(33)24-13-20(16-35-29(24)25)23-14-21(32)7-10-27(23)34/h5-10,13-14,16-17,25-26H,11-12,15,18,34H2,1-4H3,(H,37,39). The molecule has 42 heavy (non-hydrogen) atoms. The number of nitrogens with zero attached hydrogens (tertiary/aromatic N) is 3. The number of amides is 1. The first kappa shape index (κ1) is 29.7. The number of ether oxygens (including phenoxy) is 2. The van der Waals surface area contributed by atoms with Gasteiger partial charge in [0.15, 0.2) is 0 Å². The Kier molecular flexibility index (Phi) is 8.67. The van der Waals surface area contributed by atoms with Gasteiger partial charge in [0, 0.05) is 54.0 Å². The summed E-state index contributed by atoms with van der Waals surface area (Å²) in [6, 6.07) is 15.4. The molecule has 0 saturated heterocycles. The van der Waals surface area contributed by atoms with Gasteiger partial charge in [-0.15, -0.1) is 0 Å². The van der Waals surface area contributed by atoms with E-state index < -0.39 is 20.3 Å². The Balaban J connectivity index is 1.49. The van der Waals surface area contributed by atoms with Crippen molar-refractivity contribution in [1.82, 2.24) is 14.5 Å². The number of pyridine rings is 1. The fraction of sp³-hybridized carbons (Fsp3) is 0.323. The molecular formula is C31H35ClFN5O3Si. The molecule has 0 bridgehead atoms. The van der Waals surface area contributed by atoms with Crippen LogP contribution in [-0.4, -0.2) is 42.4 Å². The van der Waals surface area contributed by atoms with Crippen LogP contribution in [-0.2, 0) is 16.2 Å². The molecule has 0 saturated carbocycles. The van der Waals surface area contributed by atoms with Crippen LogP contribution < -0.4 is 11.1 Å². The molecule has 0 spiro atoms. The second-order valence-corrected chi connectivity index (χ2v) is 17.7. The molecule has 2 atom stereocenters. The summed E-state index contributed by atoms with van der Waals surface area (Å²) in [6.45, 7) is 7.83. The Labute approximate surface area is 251 Å². The number of hydrogen-bond acceptors (Lipinski definition) is 6. The molecule has 1 aliphatic carbocycles. The zero-order valence-electron chi connectivity index (χ0n) is 24.2. The third-order valence-electron chi connectivity index (χ3n) is 7.41. The van der Waals surface area contributed by atoms with Crippen LogP contribution >= 0.6 is 11.6 Å². The van der Waals surface area contributed by atoms with Crippen molar-refractivity contribution < 1.29 is 18.7 Å². The number of alkyl halides is 1. The molecule has 0 radical (unpaired) electrons. The number of benzene rings is 2. The average molecular weight is 608 g/mol. The van der Waals surface area contributed by atoms with Gasteiger partial charge in [-0.2, -0.15) is 0 Å². The van der Waals surface area contributed by atoms with Crippen LogP contribution in [0.3, 0.4) is 0 Å².